The smallest absolute Gasteiger partial charge is 0.335 e. The highest BCUT2D eigenvalue weighted by molar-refractivity contribution is 7.89. The zero-order chi connectivity index (χ0) is 26.6. The molecule has 194 valence electrons. The summed E-state index contributed by atoms with van der Waals surface area (Å²) in [6.45, 7) is 3.80. The summed E-state index contributed by atoms with van der Waals surface area (Å²) in [5.74, 6) is 0.673. The van der Waals surface area contributed by atoms with Gasteiger partial charge in [-0.25, -0.2) is 13.2 Å². The molecule has 0 amide bonds. The molecule has 1 aliphatic rings. The number of carbonyl (C=O) groups is 1. The fourth-order valence-corrected chi connectivity index (χ4v) is 6.35. The predicted octanol–water partition coefficient (Wildman–Crippen LogP) is 5.38. The predicted molar refractivity (Wildman–Crippen MR) is 141 cm³/mol. The number of rotatable bonds is 8. The molecular formula is C29H31NO6S. The quantitative estimate of drug-likeness (QED) is 0.370. The van der Waals surface area contributed by atoms with Crippen LogP contribution in [0.15, 0.2) is 89.3 Å². The zero-order valence-electron chi connectivity index (χ0n) is 21.4. The standard InChI is InChI=1S/C29H31NO6S/c1-5-36-29(31)26-17-18-27(21-11-13-23(34-3)14-12-21)30(28(26)22-7-6-8-24(19-22)35-4)37(32,33)25-15-9-20(2)10-16-25/h6-17,19,27-28H,5,18H2,1-4H3/t27-,28-/m0/s1. The van der Waals surface area contributed by atoms with Crippen LogP contribution in [-0.4, -0.2) is 39.5 Å². The first-order valence-electron chi connectivity index (χ1n) is 12.1. The lowest BCUT2D eigenvalue weighted by Gasteiger charge is -2.41. The van der Waals surface area contributed by atoms with Crippen LogP contribution >= 0.6 is 0 Å². The summed E-state index contributed by atoms with van der Waals surface area (Å²) in [5, 5.41) is 0. The molecule has 0 aromatic heterocycles. The second-order valence-corrected chi connectivity index (χ2v) is 10.6. The van der Waals surface area contributed by atoms with Crippen LogP contribution in [0.2, 0.25) is 0 Å². The van der Waals surface area contributed by atoms with Crippen molar-refractivity contribution in [3.63, 3.8) is 0 Å². The molecule has 8 heteroatoms. The topological polar surface area (TPSA) is 82.1 Å². The maximum Gasteiger partial charge on any atom is 0.335 e. The summed E-state index contributed by atoms with van der Waals surface area (Å²) in [5.41, 5.74) is 2.60. The van der Waals surface area contributed by atoms with Gasteiger partial charge in [-0.1, -0.05) is 48.0 Å². The summed E-state index contributed by atoms with van der Waals surface area (Å²) in [4.78, 5) is 13.3. The van der Waals surface area contributed by atoms with Gasteiger partial charge in [-0.15, -0.1) is 0 Å². The summed E-state index contributed by atoms with van der Waals surface area (Å²) in [6, 6.07) is 19.7. The molecule has 0 unspecified atom stereocenters. The molecule has 0 spiro atoms. The first-order valence-corrected chi connectivity index (χ1v) is 13.5. The van der Waals surface area contributed by atoms with Crippen LogP contribution in [0.4, 0.5) is 0 Å². The first-order chi connectivity index (χ1) is 17.8. The van der Waals surface area contributed by atoms with Crippen molar-refractivity contribution in [1.82, 2.24) is 4.31 Å². The van der Waals surface area contributed by atoms with E-state index >= 15 is 0 Å². The van der Waals surface area contributed by atoms with Crippen LogP contribution in [0, 0.1) is 6.92 Å². The van der Waals surface area contributed by atoms with E-state index in [4.69, 9.17) is 14.2 Å². The minimum absolute atomic E-state index is 0.148. The van der Waals surface area contributed by atoms with Gasteiger partial charge in [0.15, 0.2) is 0 Å². The van der Waals surface area contributed by atoms with Gasteiger partial charge in [0.05, 0.1) is 43.4 Å². The van der Waals surface area contributed by atoms with Crippen LogP contribution < -0.4 is 9.47 Å². The van der Waals surface area contributed by atoms with Gasteiger partial charge >= 0.3 is 5.97 Å². The summed E-state index contributed by atoms with van der Waals surface area (Å²) in [7, 11) is -0.952. The maximum atomic E-state index is 14.4. The third-order valence-corrected chi connectivity index (χ3v) is 8.32. The zero-order valence-corrected chi connectivity index (χ0v) is 22.2. The minimum atomic E-state index is -4.08. The van der Waals surface area contributed by atoms with E-state index in [-0.39, 0.29) is 17.1 Å². The Labute approximate surface area is 218 Å². The molecular weight excluding hydrogens is 490 g/mol. The van der Waals surface area contributed by atoms with Crippen LogP contribution in [0.25, 0.3) is 0 Å². The Kier molecular flexibility index (Phi) is 8.00. The molecule has 3 aromatic carbocycles. The fourth-order valence-electron chi connectivity index (χ4n) is 4.57. The third kappa shape index (κ3) is 5.40. The number of hydrogen-bond acceptors (Lipinski definition) is 6. The number of aryl methyl sites for hydroxylation is 1. The molecule has 1 aliphatic heterocycles. The van der Waals surface area contributed by atoms with E-state index in [0.717, 1.165) is 11.1 Å². The van der Waals surface area contributed by atoms with Gasteiger partial charge in [0.2, 0.25) is 10.0 Å². The fraction of sp³-hybridized carbons (Fsp3) is 0.276. The summed E-state index contributed by atoms with van der Waals surface area (Å²) < 4.78 is 46.2. The molecule has 0 fully saturated rings. The number of methoxy groups -OCH3 is 2. The van der Waals surface area contributed by atoms with Crippen molar-refractivity contribution in [3.05, 3.63) is 101 Å². The van der Waals surface area contributed by atoms with E-state index in [1.54, 1.807) is 87.9 Å². The molecule has 3 aromatic rings. The Morgan fingerprint density at radius 1 is 0.919 bits per heavy atom. The van der Waals surface area contributed by atoms with Gasteiger partial charge in [0.25, 0.3) is 0 Å². The van der Waals surface area contributed by atoms with Gasteiger partial charge in [-0.3, -0.25) is 0 Å². The Bertz CT molecular complexity index is 1380. The van der Waals surface area contributed by atoms with E-state index in [1.807, 2.05) is 19.1 Å². The molecule has 0 N–H and O–H groups in total. The Morgan fingerprint density at radius 2 is 1.59 bits per heavy atom. The van der Waals surface area contributed by atoms with E-state index < -0.39 is 28.1 Å². The third-order valence-electron chi connectivity index (χ3n) is 6.43. The van der Waals surface area contributed by atoms with Crippen molar-refractivity contribution in [2.45, 2.75) is 37.2 Å². The number of esters is 1. The van der Waals surface area contributed by atoms with Crippen molar-refractivity contribution in [2.24, 2.45) is 0 Å². The maximum absolute atomic E-state index is 14.4. The monoisotopic (exact) mass is 521 g/mol. The van der Waals surface area contributed by atoms with Crippen LogP contribution in [0.3, 0.4) is 0 Å². The van der Waals surface area contributed by atoms with Gasteiger partial charge in [-0.05, 0) is 67.8 Å². The van der Waals surface area contributed by atoms with Crippen molar-refractivity contribution in [1.29, 1.82) is 0 Å². The molecule has 37 heavy (non-hydrogen) atoms. The highest BCUT2D eigenvalue weighted by atomic mass is 32.2. The van der Waals surface area contributed by atoms with Crippen molar-refractivity contribution < 1.29 is 27.4 Å². The molecule has 0 saturated heterocycles. The largest absolute Gasteiger partial charge is 0.497 e. The molecule has 7 nitrogen and oxygen atoms in total. The normalized spacial score (nSPS) is 18.1. The van der Waals surface area contributed by atoms with E-state index in [9.17, 15) is 13.2 Å². The van der Waals surface area contributed by atoms with Crippen LogP contribution in [-0.2, 0) is 19.6 Å². The number of nitrogens with zero attached hydrogens (tertiary/aromatic N) is 1. The lowest BCUT2D eigenvalue weighted by atomic mass is 9.89. The van der Waals surface area contributed by atoms with Gasteiger partial charge in [0, 0.05) is 0 Å². The Morgan fingerprint density at radius 3 is 2.22 bits per heavy atom. The average Bonchev–Trinajstić information content (AvgIpc) is 2.92. The first kappa shape index (κ1) is 26.4. The second kappa shape index (κ2) is 11.2. The number of carbonyl (C=O) groups excluding carboxylic acids is 1. The summed E-state index contributed by atoms with van der Waals surface area (Å²) >= 11 is 0. The molecule has 2 atom stereocenters. The number of hydrogen-bond donors (Lipinski definition) is 0. The highest BCUT2D eigenvalue weighted by Crippen LogP contribution is 2.46. The van der Waals surface area contributed by atoms with Crippen LogP contribution in [0.1, 0.15) is 42.1 Å². The van der Waals surface area contributed by atoms with E-state index in [2.05, 4.69) is 0 Å². The summed E-state index contributed by atoms with van der Waals surface area (Å²) in [6.07, 6.45) is 2.09. The molecule has 0 radical (unpaired) electrons. The van der Waals surface area contributed by atoms with Crippen molar-refractivity contribution >= 4 is 16.0 Å². The number of sulfonamides is 1. The number of ether oxygens (including phenoxy) is 3. The molecule has 0 bridgehead atoms. The molecule has 0 aliphatic carbocycles. The van der Waals surface area contributed by atoms with Gasteiger partial charge in [-0.2, -0.15) is 4.31 Å². The Hall–Kier alpha value is -3.62. The number of benzene rings is 3. The highest BCUT2D eigenvalue weighted by Gasteiger charge is 2.45. The van der Waals surface area contributed by atoms with Gasteiger partial charge in [0.1, 0.15) is 11.5 Å². The lowest BCUT2D eigenvalue weighted by molar-refractivity contribution is -0.139. The van der Waals surface area contributed by atoms with E-state index in [1.165, 1.54) is 4.31 Å². The second-order valence-electron chi connectivity index (χ2n) is 8.73. The van der Waals surface area contributed by atoms with Crippen molar-refractivity contribution in [2.75, 3.05) is 20.8 Å². The molecule has 4 rings (SSSR count). The average molecular weight is 522 g/mol. The molecule has 1 heterocycles. The molecule has 0 saturated carbocycles. The van der Waals surface area contributed by atoms with Gasteiger partial charge < -0.3 is 14.2 Å². The lowest BCUT2D eigenvalue weighted by Crippen LogP contribution is -2.42. The SMILES string of the molecule is CCOC(=O)C1=CC[C@@H](c2ccc(OC)cc2)N(S(=O)(=O)c2ccc(C)cc2)[C@H]1c1cccc(OC)c1. The van der Waals surface area contributed by atoms with E-state index in [0.29, 0.717) is 23.5 Å². The van der Waals surface area contributed by atoms with Crippen molar-refractivity contribution in [3.8, 4) is 11.5 Å². The minimum Gasteiger partial charge on any atom is -0.497 e. The Balaban J connectivity index is 1.96. The van der Waals surface area contributed by atoms with Crippen LogP contribution in [0.5, 0.6) is 11.5 Å².